The predicted molar refractivity (Wildman–Crippen MR) is 151 cm³/mol. The summed E-state index contributed by atoms with van der Waals surface area (Å²) < 4.78 is 0. The van der Waals surface area contributed by atoms with Crippen LogP contribution in [0, 0.1) is 0 Å². The molecule has 1 amide bonds. The second-order valence-corrected chi connectivity index (χ2v) is 10.3. The maximum Gasteiger partial charge on any atom is 0.255 e. The Bertz CT molecular complexity index is 1240. The number of amides is 1. The predicted octanol–water partition coefficient (Wildman–Crippen LogP) is 0.303. The number of rotatable bonds is 6. The van der Waals surface area contributed by atoms with Crippen LogP contribution in [-0.2, 0) is 0 Å². The number of hydrogen-bond donors (Lipinski definition) is 7. The van der Waals surface area contributed by atoms with E-state index < -0.39 is 0 Å². The molecule has 0 saturated carbocycles. The first kappa shape index (κ1) is 26.6. The van der Waals surface area contributed by atoms with E-state index in [9.17, 15) is 9.90 Å². The van der Waals surface area contributed by atoms with Gasteiger partial charge in [0.1, 0.15) is 5.75 Å². The average Bonchev–Trinajstić information content (AvgIpc) is 2.89. The number of phenols is 1. The molecular weight excluding hydrogens is 498 g/mol. The maximum atomic E-state index is 12.5. The summed E-state index contributed by atoms with van der Waals surface area (Å²) in [6.07, 6.45) is 1.45. The van der Waals surface area contributed by atoms with Crippen LogP contribution in [0.15, 0.2) is 48.5 Å². The van der Waals surface area contributed by atoms with Crippen LogP contribution in [0.4, 0.5) is 29.2 Å². The van der Waals surface area contributed by atoms with Gasteiger partial charge in [-0.25, -0.2) is 0 Å². The minimum Gasteiger partial charge on any atom is -0.506 e. The standard InChI is InChI=1S/C26H35N11O2/c27-16-8-17(28)12-36(11-16)25-33-24(34-26(35-25)37-13-18(29)9-19(30)14-37)31-20-6-7-21(22(38)10-20)32-23(39)15-4-2-1-3-5-15/h1-7,10,16-19,38H,8-9,11-14,27-30H2,(H,32,39)(H,31,33,34,35). The first-order valence-electron chi connectivity index (χ1n) is 13.0. The van der Waals surface area contributed by atoms with Gasteiger partial charge < -0.3 is 48.5 Å². The van der Waals surface area contributed by atoms with Gasteiger partial charge in [0.05, 0.1) is 5.69 Å². The van der Waals surface area contributed by atoms with Crippen molar-refractivity contribution in [2.45, 2.75) is 37.0 Å². The second-order valence-electron chi connectivity index (χ2n) is 10.3. The number of nitrogens with one attached hydrogen (secondary N) is 2. The second kappa shape index (κ2) is 11.4. The summed E-state index contributed by atoms with van der Waals surface area (Å²) in [6, 6.07) is 13.2. The Morgan fingerprint density at radius 2 is 1.33 bits per heavy atom. The first-order valence-corrected chi connectivity index (χ1v) is 13.0. The molecule has 2 aliphatic heterocycles. The minimum absolute atomic E-state index is 0.0993. The van der Waals surface area contributed by atoms with Crippen LogP contribution in [0.2, 0.25) is 0 Å². The van der Waals surface area contributed by atoms with E-state index in [2.05, 4.69) is 20.6 Å². The molecule has 11 N–H and O–H groups in total. The van der Waals surface area contributed by atoms with Crippen molar-refractivity contribution in [1.29, 1.82) is 0 Å². The van der Waals surface area contributed by atoms with Crippen molar-refractivity contribution in [3.05, 3.63) is 54.1 Å². The molecule has 2 aromatic carbocycles. The van der Waals surface area contributed by atoms with Crippen LogP contribution in [-0.4, -0.2) is 76.3 Å². The summed E-state index contributed by atoms with van der Waals surface area (Å²) >= 11 is 0. The third kappa shape index (κ3) is 6.52. The molecule has 1 aromatic heterocycles. The van der Waals surface area contributed by atoms with E-state index in [0.29, 0.717) is 49.3 Å². The number of carbonyl (C=O) groups is 1. The molecule has 4 unspecified atom stereocenters. The molecule has 206 valence electrons. The van der Waals surface area contributed by atoms with Crippen LogP contribution in [0.3, 0.4) is 0 Å². The smallest absolute Gasteiger partial charge is 0.255 e. The van der Waals surface area contributed by atoms with E-state index in [4.69, 9.17) is 27.9 Å². The van der Waals surface area contributed by atoms with Gasteiger partial charge >= 0.3 is 0 Å². The Balaban J connectivity index is 1.40. The fourth-order valence-corrected chi connectivity index (χ4v) is 5.00. The number of anilines is 5. The lowest BCUT2D eigenvalue weighted by atomic mass is 10.0. The quantitative estimate of drug-likeness (QED) is 0.213. The Hall–Kier alpha value is -4.04. The monoisotopic (exact) mass is 533 g/mol. The van der Waals surface area contributed by atoms with Gasteiger partial charge in [0.25, 0.3) is 5.91 Å². The molecule has 2 fully saturated rings. The van der Waals surface area contributed by atoms with Crippen LogP contribution in [0.1, 0.15) is 23.2 Å². The van der Waals surface area contributed by atoms with Crippen LogP contribution >= 0.6 is 0 Å². The summed E-state index contributed by atoms with van der Waals surface area (Å²) in [4.78, 5) is 30.4. The molecule has 0 bridgehead atoms. The molecule has 13 nitrogen and oxygen atoms in total. The Morgan fingerprint density at radius 1 is 0.795 bits per heavy atom. The van der Waals surface area contributed by atoms with Crippen molar-refractivity contribution in [1.82, 2.24) is 15.0 Å². The molecular formula is C26H35N11O2. The molecule has 3 aromatic rings. The summed E-state index contributed by atoms with van der Waals surface area (Å²) in [5, 5.41) is 16.5. The number of aromatic nitrogens is 3. The highest BCUT2D eigenvalue weighted by Gasteiger charge is 2.28. The summed E-state index contributed by atoms with van der Waals surface area (Å²) in [7, 11) is 0. The van der Waals surface area contributed by atoms with Gasteiger partial charge in [0, 0.05) is 67.7 Å². The highest BCUT2D eigenvalue weighted by Crippen LogP contribution is 2.29. The van der Waals surface area contributed by atoms with Gasteiger partial charge in [0.15, 0.2) is 0 Å². The van der Waals surface area contributed by atoms with Crippen molar-refractivity contribution < 1.29 is 9.90 Å². The number of aromatic hydroxyl groups is 1. The SMILES string of the molecule is NC1CC(N)CN(c2nc(Nc3ccc(NC(=O)c4ccccc4)c(O)c3)nc(N3CC(N)CC(N)C3)n2)C1. The number of nitrogens with zero attached hydrogens (tertiary/aromatic N) is 5. The fraction of sp³-hybridized carbons (Fsp3) is 0.385. The van der Waals surface area contributed by atoms with Gasteiger partial charge in [-0.1, -0.05) is 18.2 Å². The summed E-state index contributed by atoms with van der Waals surface area (Å²) in [5.41, 5.74) is 26.2. The van der Waals surface area contributed by atoms with Crippen molar-refractivity contribution in [2.24, 2.45) is 22.9 Å². The molecule has 0 aliphatic carbocycles. The lowest BCUT2D eigenvalue weighted by Gasteiger charge is -2.37. The zero-order valence-electron chi connectivity index (χ0n) is 21.6. The normalized spacial score (nSPS) is 23.4. The summed E-state index contributed by atoms with van der Waals surface area (Å²) in [5.74, 6) is 0.721. The number of hydrogen-bond acceptors (Lipinski definition) is 12. The Labute approximate surface area is 226 Å². The molecule has 2 aliphatic rings. The van der Waals surface area contributed by atoms with Crippen LogP contribution in [0.5, 0.6) is 5.75 Å². The van der Waals surface area contributed by atoms with E-state index in [-0.39, 0.29) is 47.5 Å². The lowest BCUT2D eigenvalue weighted by Crippen LogP contribution is -2.54. The Morgan fingerprint density at radius 3 is 1.85 bits per heavy atom. The third-order valence-corrected chi connectivity index (χ3v) is 6.75. The molecule has 0 radical (unpaired) electrons. The van der Waals surface area contributed by atoms with Crippen LogP contribution in [0.25, 0.3) is 0 Å². The van der Waals surface area contributed by atoms with Gasteiger partial charge in [0.2, 0.25) is 17.8 Å². The zero-order valence-corrected chi connectivity index (χ0v) is 21.6. The minimum atomic E-state index is -0.325. The molecule has 0 spiro atoms. The van der Waals surface area contributed by atoms with Crippen molar-refractivity contribution in [3.63, 3.8) is 0 Å². The van der Waals surface area contributed by atoms with Gasteiger partial charge in [-0.2, -0.15) is 15.0 Å². The molecule has 4 atom stereocenters. The van der Waals surface area contributed by atoms with E-state index in [1.165, 1.54) is 6.07 Å². The van der Waals surface area contributed by atoms with E-state index in [1.54, 1.807) is 36.4 Å². The largest absolute Gasteiger partial charge is 0.506 e. The molecule has 3 heterocycles. The number of phenolic OH excluding ortho intramolecular Hbond substituents is 1. The highest BCUT2D eigenvalue weighted by atomic mass is 16.3. The number of carbonyl (C=O) groups excluding carboxylic acids is 1. The molecule has 2 saturated heterocycles. The van der Waals surface area contributed by atoms with Gasteiger partial charge in [-0.15, -0.1) is 0 Å². The zero-order chi connectivity index (χ0) is 27.5. The van der Waals surface area contributed by atoms with E-state index >= 15 is 0 Å². The fourth-order valence-electron chi connectivity index (χ4n) is 5.00. The van der Waals surface area contributed by atoms with Crippen molar-refractivity contribution in [3.8, 4) is 5.75 Å². The average molecular weight is 534 g/mol. The topological polar surface area (TPSA) is 211 Å². The first-order chi connectivity index (χ1) is 18.7. The molecule has 39 heavy (non-hydrogen) atoms. The third-order valence-electron chi connectivity index (χ3n) is 6.75. The highest BCUT2D eigenvalue weighted by molar-refractivity contribution is 6.05. The van der Waals surface area contributed by atoms with Gasteiger partial charge in [-0.3, -0.25) is 4.79 Å². The van der Waals surface area contributed by atoms with Crippen LogP contribution < -0.4 is 43.4 Å². The lowest BCUT2D eigenvalue weighted by molar-refractivity contribution is 0.102. The number of benzene rings is 2. The van der Waals surface area contributed by atoms with E-state index in [0.717, 1.165) is 12.8 Å². The van der Waals surface area contributed by atoms with Gasteiger partial charge in [-0.05, 0) is 37.1 Å². The van der Waals surface area contributed by atoms with Crippen molar-refractivity contribution >= 4 is 35.1 Å². The molecule has 13 heteroatoms. The Kier molecular flexibility index (Phi) is 7.74. The number of nitrogens with two attached hydrogens (primary N) is 4. The molecule has 5 rings (SSSR count). The summed E-state index contributed by atoms with van der Waals surface area (Å²) in [6.45, 7) is 2.25. The van der Waals surface area contributed by atoms with E-state index in [1.807, 2.05) is 15.9 Å². The maximum absolute atomic E-state index is 12.5. The van der Waals surface area contributed by atoms with Crippen molar-refractivity contribution in [2.75, 3.05) is 46.6 Å². The number of piperidine rings is 2.